The number of nitrogens with zero attached hydrogens (tertiary/aromatic N) is 2. The molecule has 0 unspecified atom stereocenters. The molecule has 1 aromatic carbocycles. The van der Waals surface area contributed by atoms with Crippen molar-refractivity contribution in [2.75, 3.05) is 26.2 Å². The van der Waals surface area contributed by atoms with E-state index < -0.39 is 0 Å². The van der Waals surface area contributed by atoms with E-state index in [-0.39, 0.29) is 17.2 Å². The third kappa shape index (κ3) is 2.50. The lowest BCUT2D eigenvalue weighted by Crippen LogP contribution is -2.52. The molecule has 0 spiro atoms. The summed E-state index contributed by atoms with van der Waals surface area (Å²) < 4.78 is 5.17. The van der Waals surface area contributed by atoms with Crippen molar-refractivity contribution in [3.05, 3.63) is 60.1 Å². The molecule has 0 atom stereocenters. The Hall–Kier alpha value is -2.56. The number of hydrogen-bond acceptors (Lipinski definition) is 3. The molecule has 0 N–H and O–H groups in total. The molecule has 24 heavy (non-hydrogen) atoms. The maximum Gasteiger partial charge on any atom is 0.289 e. The summed E-state index contributed by atoms with van der Waals surface area (Å²) in [5.41, 5.74) is 0.790. The van der Waals surface area contributed by atoms with E-state index in [9.17, 15) is 9.59 Å². The fourth-order valence-corrected chi connectivity index (χ4v) is 3.48. The molecule has 1 aliphatic carbocycles. The number of benzene rings is 1. The second kappa shape index (κ2) is 5.82. The highest BCUT2D eigenvalue weighted by Gasteiger charge is 2.53. The van der Waals surface area contributed by atoms with Gasteiger partial charge in [-0.3, -0.25) is 9.59 Å². The molecular formula is C19H20N2O3. The first-order valence-electron chi connectivity index (χ1n) is 8.38. The van der Waals surface area contributed by atoms with Crippen LogP contribution in [0.1, 0.15) is 29.0 Å². The summed E-state index contributed by atoms with van der Waals surface area (Å²) in [6, 6.07) is 13.4. The van der Waals surface area contributed by atoms with E-state index >= 15 is 0 Å². The Morgan fingerprint density at radius 3 is 2.12 bits per heavy atom. The van der Waals surface area contributed by atoms with Gasteiger partial charge in [-0.05, 0) is 30.5 Å². The van der Waals surface area contributed by atoms with Gasteiger partial charge in [-0.15, -0.1) is 0 Å². The molecule has 0 bridgehead atoms. The van der Waals surface area contributed by atoms with Crippen molar-refractivity contribution in [3.8, 4) is 0 Å². The summed E-state index contributed by atoms with van der Waals surface area (Å²) in [5.74, 6) is 0.466. The van der Waals surface area contributed by atoms with Crippen molar-refractivity contribution in [1.82, 2.24) is 9.80 Å². The van der Waals surface area contributed by atoms with Crippen molar-refractivity contribution < 1.29 is 14.0 Å². The Bertz CT molecular complexity index is 727. The first-order chi connectivity index (χ1) is 11.7. The third-order valence-corrected chi connectivity index (χ3v) is 5.07. The fraction of sp³-hybridized carbons (Fsp3) is 0.368. The Labute approximate surface area is 140 Å². The molecule has 4 rings (SSSR count). The van der Waals surface area contributed by atoms with E-state index in [1.54, 1.807) is 17.0 Å². The molecule has 1 saturated carbocycles. The number of carbonyl (C=O) groups excluding carboxylic acids is 2. The van der Waals surface area contributed by atoms with Crippen LogP contribution >= 0.6 is 0 Å². The van der Waals surface area contributed by atoms with E-state index in [1.807, 2.05) is 35.2 Å². The van der Waals surface area contributed by atoms with Gasteiger partial charge in [0.15, 0.2) is 5.76 Å². The number of carbonyl (C=O) groups is 2. The highest BCUT2D eigenvalue weighted by molar-refractivity contribution is 5.93. The predicted molar refractivity (Wildman–Crippen MR) is 88.5 cm³/mol. The molecule has 2 amide bonds. The number of rotatable bonds is 3. The van der Waals surface area contributed by atoms with E-state index in [1.165, 1.54) is 6.26 Å². The van der Waals surface area contributed by atoms with Gasteiger partial charge in [0.1, 0.15) is 0 Å². The molecular weight excluding hydrogens is 304 g/mol. The Morgan fingerprint density at radius 1 is 0.875 bits per heavy atom. The lowest BCUT2D eigenvalue weighted by molar-refractivity contribution is -0.135. The van der Waals surface area contributed by atoms with Crippen molar-refractivity contribution >= 4 is 11.8 Å². The third-order valence-electron chi connectivity index (χ3n) is 5.07. The van der Waals surface area contributed by atoms with Crippen LogP contribution in [0.4, 0.5) is 0 Å². The van der Waals surface area contributed by atoms with Crippen molar-refractivity contribution in [2.45, 2.75) is 18.3 Å². The monoisotopic (exact) mass is 324 g/mol. The molecule has 2 heterocycles. The zero-order valence-electron chi connectivity index (χ0n) is 13.5. The largest absolute Gasteiger partial charge is 0.459 e. The fourth-order valence-electron chi connectivity index (χ4n) is 3.48. The van der Waals surface area contributed by atoms with Crippen LogP contribution in [-0.4, -0.2) is 47.8 Å². The Kier molecular flexibility index (Phi) is 3.63. The molecule has 2 aromatic rings. The Balaban J connectivity index is 1.41. The molecule has 2 aliphatic rings. The predicted octanol–water partition coefficient (Wildman–Crippen LogP) is 2.30. The SMILES string of the molecule is O=C(c1ccco1)N1CCN(C(=O)C2(c3ccccc3)CC2)CC1. The average molecular weight is 324 g/mol. The molecule has 5 heteroatoms. The molecule has 124 valence electrons. The van der Waals surface area contributed by atoms with Gasteiger partial charge in [0.2, 0.25) is 5.91 Å². The maximum atomic E-state index is 13.0. The van der Waals surface area contributed by atoms with E-state index in [0.717, 1.165) is 18.4 Å². The van der Waals surface area contributed by atoms with Crippen LogP contribution in [0.3, 0.4) is 0 Å². The van der Waals surface area contributed by atoms with Gasteiger partial charge in [0.25, 0.3) is 5.91 Å². The zero-order chi connectivity index (χ0) is 16.6. The standard InChI is InChI=1S/C19H20N2O3/c22-17(16-7-4-14-24-16)20-10-12-21(13-11-20)18(23)19(8-9-19)15-5-2-1-3-6-15/h1-7,14H,8-13H2. The van der Waals surface area contributed by atoms with E-state index in [2.05, 4.69) is 0 Å². The smallest absolute Gasteiger partial charge is 0.289 e. The maximum absolute atomic E-state index is 13.0. The van der Waals surface area contributed by atoms with Crippen molar-refractivity contribution in [3.63, 3.8) is 0 Å². The normalized spacial score (nSPS) is 19.2. The van der Waals surface area contributed by atoms with Gasteiger partial charge in [0.05, 0.1) is 11.7 Å². The number of amides is 2. The minimum atomic E-state index is -0.325. The second-order valence-corrected chi connectivity index (χ2v) is 6.51. The lowest BCUT2D eigenvalue weighted by Gasteiger charge is -2.36. The molecule has 0 radical (unpaired) electrons. The first kappa shape index (κ1) is 15.0. The molecule has 1 saturated heterocycles. The van der Waals surface area contributed by atoms with Crippen LogP contribution in [0.15, 0.2) is 53.1 Å². The summed E-state index contributed by atoms with van der Waals surface area (Å²) in [7, 11) is 0. The summed E-state index contributed by atoms with van der Waals surface area (Å²) >= 11 is 0. The van der Waals surface area contributed by atoms with Crippen molar-refractivity contribution in [1.29, 1.82) is 0 Å². The molecule has 2 fully saturated rings. The number of furan rings is 1. The summed E-state index contributed by atoms with van der Waals surface area (Å²) in [4.78, 5) is 29.0. The van der Waals surface area contributed by atoms with Crippen LogP contribution in [0.5, 0.6) is 0 Å². The quantitative estimate of drug-likeness (QED) is 0.870. The van der Waals surface area contributed by atoms with E-state index in [0.29, 0.717) is 31.9 Å². The first-order valence-corrected chi connectivity index (χ1v) is 8.38. The van der Waals surface area contributed by atoms with Gasteiger partial charge in [-0.2, -0.15) is 0 Å². The van der Waals surface area contributed by atoms with Crippen LogP contribution < -0.4 is 0 Å². The van der Waals surface area contributed by atoms with Gasteiger partial charge in [-0.25, -0.2) is 0 Å². The summed E-state index contributed by atoms with van der Waals surface area (Å²) in [6.07, 6.45) is 3.34. The lowest BCUT2D eigenvalue weighted by atomic mass is 9.94. The number of hydrogen-bond donors (Lipinski definition) is 0. The Morgan fingerprint density at radius 2 is 1.54 bits per heavy atom. The molecule has 5 nitrogen and oxygen atoms in total. The highest BCUT2D eigenvalue weighted by Crippen LogP contribution is 2.49. The minimum Gasteiger partial charge on any atom is -0.459 e. The van der Waals surface area contributed by atoms with Crippen molar-refractivity contribution in [2.24, 2.45) is 0 Å². The van der Waals surface area contributed by atoms with Gasteiger partial charge >= 0.3 is 0 Å². The molecule has 1 aliphatic heterocycles. The van der Waals surface area contributed by atoms with Crippen LogP contribution in [0.2, 0.25) is 0 Å². The van der Waals surface area contributed by atoms with Gasteiger partial charge in [-0.1, -0.05) is 30.3 Å². The van der Waals surface area contributed by atoms with Crippen LogP contribution in [-0.2, 0) is 10.2 Å². The summed E-state index contributed by atoms with van der Waals surface area (Å²) in [6.45, 7) is 2.27. The molecule has 1 aromatic heterocycles. The number of piperazine rings is 1. The highest BCUT2D eigenvalue weighted by atomic mass is 16.3. The average Bonchev–Trinajstić information content (AvgIpc) is 3.28. The van der Waals surface area contributed by atoms with Crippen LogP contribution in [0, 0.1) is 0 Å². The van der Waals surface area contributed by atoms with Gasteiger partial charge in [0, 0.05) is 26.2 Å². The van der Waals surface area contributed by atoms with Gasteiger partial charge < -0.3 is 14.2 Å². The summed E-state index contributed by atoms with van der Waals surface area (Å²) in [5, 5.41) is 0. The van der Waals surface area contributed by atoms with E-state index in [4.69, 9.17) is 4.42 Å². The second-order valence-electron chi connectivity index (χ2n) is 6.51. The van der Waals surface area contributed by atoms with Crippen LogP contribution in [0.25, 0.3) is 0 Å². The zero-order valence-corrected chi connectivity index (χ0v) is 13.5. The minimum absolute atomic E-state index is 0.101. The topological polar surface area (TPSA) is 53.8 Å².